The van der Waals surface area contributed by atoms with Crippen LogP contribution in [0.3, 0.4) is 0 Å². The molecule has 0 saturated heterocycles. The van der Waals surface area contributed by atoms with Crippen LogP contribution in [-0.2, 0) is 4.74 Å². The number of aromatic nitrogens is 2. The number of ether oxygens (including phenoxy) is 1. The molecule has 0 aliphatic heterocycles. The fourth-order valence-corrected chi connectivity index (χ4v) is 2.24. The highest BCUT2D eigenvalue weighted by molar-refractivity contribution is 9.10. The van der Waals surface area contributed by atoms with Crippen molar-refractivity contribution in [3.63, 3.8) is 0 Å². The average molecular weight is 326 g/mol. The fourth-order valence-electron chi connectivity index (χ4n) is 1.86. The van der Waals surface area contributed by atoms with Crippen molar-refractivity contribution in [1.82, 2.24) is 10.1 Å². The zero-order chi connectivity index (χ0) is 14.0. The van der Waals surface area contributed by atoms with Crippen LogP contribution < -0.4 is 5.73 Å². The minimum absolute atomic E-state index is 0.186. The van der Waals surface area contributed by atoms with Gasteiger partial charge in [-0.3, -0.25) is 0 Å². The maximum absolute atomic E-state index is 5.94. The lowest BCUT2D eigenvalue weighted by molar-refractivity contribution is 0.0556. The molecule has 0 fully saturated rings. The summed E-state index contributed by atoms with van der Waals surface area (Å²) in [6.45, 7) is 4.08. The first-order chi connectivity index (χ1) is 9.02. The summed E-state index contributed by atoms with van der Waals surface area (Å²) in [7, 11) is 1.63. The molecule has 0 aliphatic rings. The molecule has 0 aliphatic carbocycles. The Labute approximate surface area is 120 Å². The van der Waals surface area contributed by atoms with E-state index in [1.165, 1.54) is 0 Å². The predicted octanol–water partition coefficient (Wildman–Crippen LogP) is 3.42. The molecule has 5 nitrogen and oxygen atoms in total. The Bertz CT molecular complexity index is 569. The zero-order valence-corrected chi connectivity index (χ0v) is 12.6. The van der Waals surface area contributed by atoms with Gasteiger partial charge in [0.05, 0.1) is 5.56 Å². The number of benzene rings is 1. The van der Waals surface area contributed by atoms with E-state index in [2.05, 4.69) is 26.1 Å². The number of nitrogens with two attached hydrogens (primary N) is 1. The summed E-state index contributed by atoms with van der Waals surface area (Å²) >= 11 is 3.36. The first-order valence-corrected chi connectivity index (χ1v) is 6.74. The normalized spacial score (nSPS) is 12.9. The summed E-state index contributed by atoms with van der Waals surface area (Å²) in [5.41, 5.74) is 7.25. The van der Waals surface area contributed by atoms with Crippen molar-refractivity contribution in [2.75, 3.05) is 12.8 Å². The summed E-state index contributed by atoms with van der Waals surface area (Å²) < 4.78 is 11.5. The third-order valence-electron chi connectivity index (χ3n) is 2.80. The van der Waals surface area contributed by atoms with Crippen molar-refractivity contribution in [2.24, 2.45) is 5.92 Å². The van der Waals surface area contributed by atoms with Crippen LogP contribution in [0.2, 0.25) is 0 Å². The van der Waals surface area contributed by atoms with Gasteiger partial charge in [0.2, 0.25) is 5.82 Å². The number of methoxy groups -OCH3 is 1. The molecule has 19 heavy (non-hydrogen) atoms. The van der Waals surface area contributed by atoms with Gasteiger partial charge >= 0.3 is 0 Å². The minimum Gasteiger partial charge on any atom is -0.398 e. The van der Waals surface area contributed by atoms with Gasteiger partial charge in [-0.1, -0.05) is 34.9 Å². The lowest BCUT2D eigenvalue weighted by Gasteiger charge is -2.14. The van der Waals surface area contributed by atoms with Crippen molar-refractivity contribution in [3.05, 3.63) is 28.5 Å². The van der Waals surface area contributed by atoms with Gasteiger partial charge in [0.15, 0.2) is 0 Å². The Morgan fingerprint density at radius 2 is 2.11 bits per heavy atom. The second kappa shape index (κ2) is 5.71. The molecule has 2 rings (SSSR count). The molecule has 6 heteroatoms. The van der Waals surface area contributed by atoms with Crippen LogP contribution in [0.25, 0.3) is 11.5 Å². The number of anilines is 1. The summed E-state index contributed by atoms with van der Waals surface area (Å²) in [6, 6.07) is 5.52. The molecule has 102 valence electrons. The number of nitrogens with zero attached hydrogens (tertiary/aromatic N) is 2. The Kier molecular flexibility index (Phi) is 4.21. The van der Waals surface area contributed by atoms with E-state index >= 15 is 0 Å². The molecule has 0 saturated carbocycles. The summed E-state index contributed by atoms with van der Waals surface area (Å²) in [6.07, 6.45) is -0.186. The molecule has 0 amide bonds. The second-order valence-corrected chi connectivity index (χ2v) is 5.51. The van der Waals surface area contributed by atoms with Crippen LogP contribution in [-0.4, -0.2) is 17.3 Å². The average Bonchev–Trinajstić information content (AvgIpc) is 2.78. The summed E-state index contributed by atoms with van der Waals surface area (Å²) in [4.78, 5) is 4.37. The van der Waals surface area contributed by atoms with Crippen LogP contribution in [0, 0.1) is 5.92 Å². The zero-order valence-electron chi connectivity index (χ0n) is 11.1. The SMILES string of the molecule is COC(c1noc(-c2ccc(Br)cc2N)n1)C(C)C. The van der Waals surface area contributed by atoms with Crippen molar-refractivity contribution in [3.8, 4) is 11.5 Å². The summed E-state index contributed by atoms with van der Waals surface area (Å²) in [5, 5.41) is 3.97. The molecule has 0 radical (unpaired) electrons. The quantitative estimate of drug-likeness (QED) is 0.872. The van der Waals surface area contributed by atoms with Crippen molar-refractivity contribution < 1.29 is 9.26 Å². The van der Waals surface area contributed by atoms with E-state index in [0.717, 1.165) is 10.0 Å². The van der Waals surface area contributed by atoms with Crippen molar-refractivity contribution >= 4 is 21.6 Å². The van der Waals surface area contributed by atoms with E-state index < -0.39 is 0 Å². The summed E-state index contributed by atoms with van der Waals surface area (Å²) in [5.74, 6) is 1.20. The highest BCUT2D eigenvalue weighted by atomic mass is 79.9. The van der Waals surface area contributed by atoms with Gasteiger partial charge in [0.1, 0.15) is 6.10 Å². The number of halogens is 1. The molecule has 1 unspecified atom stereocenters. The topological polar surface area (TPSA) is 74.2 Å². The molecular weight excluding hydrogens is 310 g/mol. The number of hydrogen-bond donors (Lipinski definition) is 1. The Morgan fingerprint density at radius 1 is 1.37 bits per heavy atom. The highest BCUT2D eigenvalue weighted by Crippen LogP contribution is 2.29. The predicted molar refractivity (Wildman–Crippen MR) is 76.4 cm³/mol. The lowest BCUT2D eigenvalue weighted by atomic mass is 10.1. The Hall–Kier alpha value is -1.40. The van der Waals surface area contributed by atoms with E-state index in [0.29, 0.717) is 17.4 Å². The molecule has 0 bridgehead atoms. The Balaban J connectivity index is 2.35. The third kappa shape index (κ3) is 2.96. The van der Waals surface area contributed by atoms with Gasteiger partial charge in [0, 0.05) is 17.3 Å². The smallest absolute Gasteiger partial charge is 0.260 e. The fraction of sp³-hybridized carbons (Fsp3) is 0.385. The van der Waals surface area contributed by atoms with Crippen molar-refractivity contribution in [1.29, 1.82) is 0 Å². The second-order valence-electron chi connectivity index (χ2n) is 4.59. The molecule has 1 aromatic heterocycles. The molecule has 1 aromatic carbocycles. The van der Waals surface area contributed by atoms with Gasteiger partial charge in [-0.15, -0.1) is 0 Å². The molecule has 0 spiro atoms. The number of nitrogen functional groups attached to an aromatic ring is 1. The standard InChI is InChI=1S/C13H16BrN3O2/c1-7(2)11(18-3)12-16-13(19-17-12)9-5-4-8(14)6-10(9)15/h4-7,11H,15H2,1-3H3. The maximum Gasteiger partial charge on any atom is 0.260 e. The molecule has 2 aromatic rings. The van der Waals surface area contributed by atoms with Gasteiger partial charge in [-0.05, 0) is 24.1 Å². The molecule has 1 atom stereocenters. The van der Waals surface area contributed by atoms with Gasteiger partial charge < -0.3 is 15.0 Å². The monoisotopic (exact) mass is 325 g/mol. The number of hydrogen-bond acceptors (Lipinski definition) is 5. The van der Waals surface area contributed by atoms with E-state index in [-0.39, 0.29) is 12.0 Å². The number of rotatable bonds is 4. The molecule has 2 N–H and O–H groups in total. The Morgan fingerprint density at radius 3 is 2.68 bits per heavy atom. The van der Waals surface area contributed by atoms with Gasteiger partial charge in [0.25, 0.3) is 5.89 Å². The minimum atomic E-state index is -0.186. The lowest BCUT2D eigenvalue weighted by Crippen LogP contribution is -2.10. The van der Waals surface area contributed by atoms with Gasteiger partial charge in [-0.2, -0.15) is 4.98 Å². The van der Waals surface area contributed by atoms with Crippen LogP contribution in [0.15, 0.2) is 27.2 Å². The van der Waals surface area contributed by atoms with E-state index in [1.54, 1.807) is 13.2 Å². The van der Waals surface area contributed by atoms with Gasteiger partial charge in [-0.25, -0.2) is 0 Å². The van der Waals surface area contributed by atoms with Crippen LogP contribution in [0.1, 0.15) is 25.8 Å². The molecular formula is C13H16BrN3O2. The van der Waals surface area contributed by atoms with Crippen LogP contribution >= 0.6 is 15.9 Å². The first-order valence-electron chi connectivity index (χ1n) is 5.94. The van der Waals surface area contributed by atoms with Crippen LogP contribution in [0.4, 0.5) is 5.69 Å². The van der Waals surface area contributed by atoms with Crippen LogP contribution in [0.5, 0.6) is 0 Å². The van der Waals surface area contributed by atoms with E-state index in [4.69, 9.17) is 15.0 Å². The van der Waals surface area contributed by atoms with E-state index in [9.17, 15) is 0 Å². The maximum atomic E-state index is 5.94. The van der Waals surface area contributed by atoms with E-state index in [1.807, 2.05) is 26.0 Å². The third-order valence-corrected chi connectivity index (χ3v) is 3.29. The highest BCUT2D eigenvalue weighted by Gasteiger charge is 2.22. The molecule has 1 heterocycles. The van der Waals surface area contributed by atoms with Crippen molar-refractivity contribution in [2.45, 2.75) is 20.0 Å². The first kappa shape index (κ1) is 14.0. The largest absolute Gasteiger partial charge is 0.398 e.